The molecule has 0 spiro atoms. The van der Waals surface area contributed by atoms with Crippen molar-refractivity contribution < 1.29 is 0 Å². The molecule has 0 amide bonds. The SMILES string of the molecule is CCC(C)n1cc(CCN(C)C)c2c(C)cccc21. The van der Waals surface area contributed by atoms with Crippen LogP contribution in [0.25, 0.3) is 10.9 Å². The molecule has 1 aromatic heterocycles. The molecule has 104 valence electrons. The van der Waals surface area contributed by atoms with Gasteiger partial charge >= 0.3 is 0 Å². The third-order valence-corrected chi connectivity index (χ3v) is 4.04. The van der Waals surface area contributed by atoms with Gasteiger partial charge in [0.15, 0.2) is 0 Å². The van der Waals surface area contributed by atoms with Crippen molar-refractivity contribution in [2.45, 2.75) is 39.7 Å². The van der Waals surface area contributed by atoms with E-state index in [9.17, 15) is 0 Å². The standard InChI is InChI=1S/C17H26N2/c1-6-14(3)19-12-15(10-11-18(4)5)17-13(2)8-7-9-16(17)19/h7-9,12,14H,6,10-11H2,1-5H3. The second-order valence-corrected chi connectivity index (χ2v) is 5.84. The minimum atomic E-state index is 0.567. The Morgan fingerprint density at radius 2 is 2.00 bits per heavy atom. The Morgan fingerprint density at radius 3 is 2.63 bits per heavy atom. The van der Waals surface area contributed by atoms with Crippen molar-refractivity contribution in [2.75, 3.05) is 20.6 Å². The molecular weight excluding hydrogens is 232 g/mol. The number of fused-ring (bicyclic) bond motifs is 1. The van der Waals surface area contributed by atoms with Crippen molar-refractivity contribution in [1.82, 2.24) is 9.47 Å². The summed E-state index contributed by atoms with van der Waals surface area (Å²) in [5, 5.41) is 1.46. The summed E-state index contributed by atoms with van der Waals surface area (Å²) in [4.78, 5) is 2.25. The molecule has 0 saturated carbocycles. The Hall–Kier alpha value is -1.28. The zero-order chi connectivity index (χ0) is 14.0. The molecule has 0 aliphatic rings. The van der Waals surface area contributed by atoms with E-state index < -0.39 is 0 Å². The number of benzene rings is 1. The lowest BCUT2D eigenvalue weighted by molar-refractivity contribution is 0.413. The maximum atomic E-state index is 2.45. The van der Waals surface area contributed by atoms with Crippen molar-refractivity contribution in [1.29, 1.82) is 0 Å². The number of aromatic nitrogens is 1. The molecule has 0 radical (unpaired) electrons. The predicted octanol–water partition coefficient (Wildman–Crippen LogP) is 4.02. The first-order valence-corrected chi connectivity index (χ1v) is 7.28. The van der Waals surface area contributed by atoms with Crippen LogP contribution in [-0.4, -0.2) is 30.1 Å². The summed E-state index contributed by atoms with van der Waals surface area (Å²) >= 11 is 0. The van der Waals surface area contributed by atoms with Gasteiger partial charge in [-0.1, -0.05) is 19.1 Å². The minimum absolute atomic E-state index is 0.567. The van der Waals surface area contributed by atoms with Gasteiger partial charge in [0.05, 0.1) is 0 Å². The van der Waals surface area contributed by atoms with Gasteiger partial charge in [0.2, 0.25) is 0 Å². The first-order chi connectivity index (χ1) is 9.04. The van der Waals surface area contributed by atoms with E-state index in [0.717, 1.165) is 13.0 Å². The fraction of sp³-hybridized carbons (Fsp3) is 0.529. The highest BCUT2D eigenvalue weighted by Gasteiger charge is 2.13. The molecule has 0 N–H and O–H groups in total. The van der Waals surface area contributed by atoms with E-state index in [1.54, 1.807) is 0 Å². The Balaban J connectivity index is 2.51. The van der Waals surface area contributed by atoms with Crippen LogP contribution in [0.1, 0.15) is 37.4 Å². The number of hydrogen-bond donors (Lipinski definition) is 0. The maximum absolute atomic E-state index is 2.45. The molecule has 0 bridgehead atoms. The highest BCUT2D eigenvalue weighted by molar-refractivity contribution is 5.87. The van der Waals surface area contributed by atoms with Gasteiger partial charge in [-0.15, -0.1) is 0 Å². The number of aryl methyl sites for hydroxylation is 1. The Kier molecular flexibility index (Phi) is 4.31. The van der Waals surface area contributed by atoms with E-state index in [-0.39, 0.29) is 0 Å². The van der Waals surface area contributed by atoms with Crippen LogP contribution in [0.15, 0.2) is 24.4 Å². The van der Waals surface area contributed by atoms with Crippen LogP contribution in [0.4, 0.5) is 0 Å². The van der Waals surface area contributed by atoms with Crippen molar-refractivity contribution in [3.8, 4) is 0 Å². The van der Waals surface area contributed by atoms with E-state index in [0.29, 0.717) is 6.04 Å². The van der Waals surface area contributed by atoms with Gasteiger partial charge in [-0.25, -0.2) is 0 Å². The summed E-state index contributed by atoms with van der Waals surface area (Å²) in [6.45, 7) is 7.89. The van der Waals surface area contributed by atoms with Crippen LogP contribution in [0.2, 0.25) is 0 Å². The molecule has 19 heavy (non-hydrogen) atoms. The fourth-order valence-electron chi connectivity index (χ4n) is 2.68. The van der Waals surface area contributed by atoms with E-state index >= 15 is 0 Å². The molecule has 1 aromatic carbocycles. The third-order valence-electron chi connectivity index (χ3n) is 4.04. The molecule has 2 rings (SSSR count). The molecule has 0 saturated heterocycles. The van der Waals surface area contributed by atoms with Crippen molar-refractivity contribution in [3.05, 3.63) is 35.5 Å². The third kappa shape index (κ3) is 2.84. The lowest BCUT2D eigenvalue weighted by atomic mass is 10.1. The van der Waals surface area contributed by atoms with Gasteiger partial charge in [0.25, 0.3) is 0 Å². The molecule has 1 unspecified atom stereocenters. The van der Waals surface area contributed by atoms with Crippen LogP contribution in [0.5, 0.6) is 0 Å². The summed E-state index contributed by atoms with van der Waals surface area (Å²) in [6.07, 6.45) is 4.66. The summed E-state index contributed by atoms with van der Waals surface area (Å²) in [6, 6.07) is 7.22. The van der Waals surface area contributed by atoms with Gasteiger partial charge < -0.3 is 9.47 Å². The van der Waals surface area contributed by atoms with Crippen molar-refractivity contribution in [2.24, 2.45) is 0 Å². The zero-order valence-electron chi connectivity index (χ0n) is 12.9. The van der Waals surface area contributed by atoms with Gasteiger partial charge in [-0.05, 0) is 58.0 Å². The predicted molar refractivity (Wildman–Crippen MR) is 83.9 cm³/mol. The normalized spacial score (nSPS) is 13.4. The smallest absolute Gasteiger partial charge is 0.0488 e. The largest absolute Gasteiger partial charge is 0.344 e. The topological polar surface area (TPSA) is 8.17 Å². The second kappa shape index (κ2) is 5.79. The Labute approximate surface area is 117 Å². The number of likely N-dealkylation sites (N-methyl/N-ethyl adjacent to an activating group) is 1. The number of rotatable bonds is 5. The van der Waals surface area contributed by atoms with Gasteiger partial charge in [-0.3, -0.25) is 0 Å². The van der Waals surface area contributed by atoms with Crippen molar-refractivity contribution >= 4 is 10.9 Å². The Morgan fingerprint density at radius 1 is 1.26 bits per heavy atom. The summed E-state index contributed by atoms with van der Waals surface area (Å²) in [5.41, 5.74) is 4.28. The monoisotopic (exact) mass is 258 g/mol. The average Bonchev–Trinajstić information content (AvgIpc) is 2.76. The van der Waals surface area contributed by atoms with Gasteiger partial charge in [-0.2, -0.15) is 0 Å². The van der Waals surface area contributed by atoms with Crippen LogP contribution in [0.3, 0.4) is 0 Å². The molecule has 1 atom stereocenters. The molecule has 0 aliphatic carbocycles. The molecule has 1 heterocycles. The second-order valence-electron chi connectivity index (χ2n) is 5.84. The van der Waals surface area contributed by atoms with Crippen LogP contribution in [0, 0.1) is 6.92 Å². The molecular formula is C17H26N2. The average molecular weight is 258 g/mol. The zero-order valence-corrected chi connectivity index (χ0v) is 12.9. The molecule has 0 aliphatic heterocycles. The van der Waals surface area contributed by atoms with E-state index in [1.165, 1.54) is 28.5 Å². The lowest BCUT2D eigenvalue weighted by Crippen LogP contribution is -2.15. The van der Waals surface area contributed by atoms with Crippen LogP contribution >= 0.6 is 0 Å². The van der Waals surface area contributed by atoms with Crippen LogP contribution < -0.4 is 0 Å². The fourth-order valence-corrected chi connectivity index (χ4v) is 2.68. The van der Waals surface area contributed by atoms with Crippen molar-refractivity contribution in [3.63, 3.8) is 0 Å². The maximum Gasteiger partial charge on any atom is 0.0488 e. The molecule has 2 nitrogen and oxygen atoms in total. The minimum Gasteiger partial charge on any atom is -0.344 e. The van der Waals surface area contributed by atoms with E-state index in [1.807, 2.05) is 0 Å². The molecule has 2 heteroatoms. The number of hydrogen-bond acceptors (Lipinski definition) is 1. The first kappa shape index (κ1) is 14.1. The van der Waals surface area contributed by atoms with E-state index in [4.69, 9.17) is 0 Å². The number of nitrogens with zero attached hydrogens (tertiary/aromatic N) is 2. The Bertz CT molecular complexity index is 552. The molecule has 2 aromatic rings. The molecule has 0 fully saturated rings. The first-order valence-electron chi connectivity index (χ1n) is 7.28. The lowest BCUT2D eigenvalue weighted by Gasteiger charge is -2.12. The van der Waals surface area contributed by atoms with Gasteiger partial charge in [0.1, 0.15) is 0 Å². The quantitative estimate of drug-likeness (QED) is 0.786. The highest BCUT2D eigenvalue weighted by Crippen LogP contribution is 2.28. The van der Waals surface area contributed by atoms with Gasteiger partial charge in [0, 0.05) is 29.7 Å². The summed E-state index contributed by atoms with van der Waals surface area (Å²) in [7, 11) is 4.28. The summed E-state index contributed by atoms with van der Waals surface area (Å²) in [5.74, 6) is 0. The van der Waals surface area contributed by atoms with Crippen LogP contribution in [-0.2, 0) is 6.42 Å². The highest BCUT2D eigenvalue weighted by atomic mass is 15.0. The van der Waals surface area contributed by atoms with E-state index in [2.05, 4.69) is 68.7 Å². The summed E-state index contributed by atoms with van der Waals surface area (Å²) < 4.78 is 2.45.